The first kappa shape index (κ1) is 38.2. The minimum atomic E-state index is -0.784. The van der Waals surface area contributed by atoms with E-state index in [1.807, 2.05) is 25.7 Å². The molecule has 5 aliphatic heterocycles. The van der Waals surface area contributed by atoms with Gasteiger partial charge in [0.1, 0.15) is 41.6 Å². The fraction of sp³-hybridized carbons (Fsp3) is 0.575. The first-order valence-corrected chi connectivity index (χ1v) is 20.8. The Labute approximate surface area is 337 Å². The van der Waals surface area contributed by atoms with Crippen molar-refractivity contribution < 1.29 is 37.3 Å². The number of thiazole rings is 1. The Morgan fingerprint density at radius 3 is 2.46 bits per heavy atom. The molecule has 7 heterocycles. The van der Waals surface area contributed by atoms with Crippen LogP contribution >= 0.6 is 22.9 Å². The van der Waals surface area contributed by atoms with Gasteiger partial charge in [-0.15, -0.1) is 0 Å². The first-order valence-electron chi connectivity index (χ1n) is 19.6. The standard InChI is InChI=1S/C40H46ClF2N7O6S/c1-38(2,3)55-36(51)47-35-45-29-21(10-11-22(42)32(29)57-35)25-27(41)31-26-30(28(25)43)44-34(54-19-40-13-7-15-48(40)16-8-14-40)46-33(26)49-17-20-9-12-23(24(49)18-53-31)50(20)37(52)56-39(4,5)6/h10-11,20,23-24H,7-9,12-19H2,1-6H3,(H,45,47,51)/t20-,23+,24-/m1/s1. The van der Waals surface area contributed by atoms with Crippen LogP contribution in [0, 0.1) is 11.6 Å². The van der Waals surface area contributed by atoms with Crippen LogP contribution in [0.25, 0.3) is 32.2 Å². The second kappa shape index (κ2) is 13.7. The van der Waals surface area contributed by atoms with Crippen molar-refractivity contribution in [3.05, 3.63) is 28.8 Å². The summed E-state index contributed by atoms with van der Waals surface area (Å²) in [5.74, 6) is -0.817. The summed E-state index contributed by atoms with van der Waals surface area (Å²) in [6.45, 7) is 13.6. The molecule has 57 heavy (non-hydrogen) atoms. The molecule has 0 unspecified atom stereocenters. The molecule has 4 fully saturated rings. The first-order chi connectivity index (χ1) is 27.0. The van der Waals surface area contributed by atoms with Gasteiger partial charge < -0.3 is 23.8 Å². The van der Waals surface area contributed by atoms with Gasteiger partial charge in [-0.3, -0.25) is 15.1 Å². The van der Waals surface area contributed by atoms with Crippen molar-refractivity contribution in [1.82, 2.24) is 24.8 Å². The number of amides is 2. The predicted octanol–water partition coefficient (Wildman–Crippen LogP) is 8.54. The van der Waals surface area contributed by atoms with Gasteiger partial charge in [-0.25, -0.2) is 23.4 Å². The van der Waals surface area contributed by atoms with Gasteiger partial charge in [0.25, 0.3) is 0 Å². The molecule has 0 spiro atoms. The largest absolute Gasteiger partial charge is 0.489 e. The van der Waals surface area contributed by atoms with E-state index in [2.05, 4.69) is 20.1 Å². The number of halogens is 3. The second-order valence-corrected chi connectivity index (χ2v) is 19.1. The average molecular weight is 826 g/mol. The number of nitrogens with one attached hydrogen (secondary N) is 1. The van der Waals surface area contributed by atoms with Gasteiger partial charge in [0.05, 0.1) is 44.3 Å². The number of aromatic nitrogens is 3. The summed E-state index contributed by atoms with van der Waals surface area (Å²) in [6, 6.07) is 1.80. The highest BCUT2D eigenvalue weighted by molar-refractivity contribution is 7.22. The van der Waals surface area contributed by atoms with Gasteiger partial charge in [-0.1, -0.05) is 22.9 Å². The molecule has 17 heteroatoms. The van der Waals surface area contributed by atoms with Gasteiger partial charge in [-0.2, -0.15) is 9.97 Å². The molecule has 2 bridgehead atoms. The highest BCUT2D eigenvalue weighted by Crippen LogP contribution is 2.52. The lowest BCUT2D eigenvalue weighted by atomic mass is 9.95. The third-order valence-electron chi connectivity index (χ3n) is 11.7. The molecule has 0 saturated carbocycles. The second-order valence-electron chi connectivity index (χ2n) is 17.7. The Morgan fingerprint density at radius 2 is 1.74 bits per heavy atom. The van der Waals surface area contributed by atoms with Gasteiger partial charge in [0.15, 0.2) is 16.7 Å². The summed E-state index contributed by atoms with van der Waals surface area (Å²) in [7, 11) is 0. The molecule has 0 radical (unpaired) electrons. The molecule has 4 aromatic rings. The fourth-order valence-corrected chi connectivity index (χ4v) is 10.6. The van der Waals surface area contributed by atoms with Gasteiger partial charge in [0.2, 0.25) is 0 Å². The molecule has 3 atom stereocenters. The summed E-state index contributed by atoms with van der Waals surface area (Å²) in [6.07, 6.45) is 4.46. The average Bonchev–Trinajstić information content (AvgIpc) is 3.87. The lowest BCUT2D eigenvalue weighted by Crippen LogP contribution is -2.63. The molecule has 304 valence electrons. The third kappa shape index (κ3) is 6.64. The lowest BCUT2D eigenvalue weighted by Gasteiger charge is -2.46. The van der Waals surface area contributed by atoms with E-state index in [0.29, 0.717) is 25.4 Å². The molecule has 2 aromatic heterocycles. The molecular formula is C40H46ClF2N7O6S. The van der Waals surface area contributed by atoms with E-state index in [1.165, 1.54) is 12.1 Å². The minimum absolute atomic E-state index is 0.0214. The molecule has 13 nitrogen and oxygen atoms in total. The van der Waals surface area contributed by atoms with Crippen molar-refractivity contribution in [3.63, 3.8) is 0 Å². The number of piperazine rings is 1. The summed E-state index contributed by atoms with van der Waals surface area (Å²) in [5.41, 5.74) is -1.49. The maximum Gasteiger partial charge on any atom is 0.413 e. The number of carbonyl (C=O) groups is 2. The summed E-state index contributed by atoms with van der Waals surface area (Å²) < 4.78 is 57.3. The van der Waals surface area contributed by atoms with Crippen molar-refractivity contribution in [3.8, 4) is 22.9 Å². The smallest absolute Gasteiger partial charge is 0.413 e. The van der Waals surface area contributed by atoms with E-state index in [1.54, 1.807) is 20.8 Å². The maximum absolute atomic E-state index is 17.6. The van der Waals surface area contributed by atoms with Crippen LogP contribution < -0.4 is 19.7 Å². The van der Waals surface area contributed by atoms with Gasteiger partial charge >= 0.3 is 18.2 Å². The molecule has 1 N–H and O–H groups in total. The number of carbonyl (C=O) groups excluding carboxylic acids is 2. The van der Waals surface area contributed by atoms with Crippen LogP contribution in [0.2, 0.25) is 5.02 Å². The molecule has 2 amide bonds. The van der Waals surface area contributed by atoms with Crippen molar-refractivity contribution in [1.29, 1.82) is 0 Å². The SMILES string of the molecule is CC(C)(C)OC(=O)Nc1nc2c(-c3c(Cl)c4c5c(nc(OCC67CCCN6CCC7)nc5c3F)N3C[C@H]5CC[C@@H]([C@H]3CO4)N5C(=O)OC(C)(C)C)ccc(F)c2s1. The van der Waals surface area contributed by atoms with Gasteiger partial charge in [0, 0.05) is 17.7 Å². The number of hydrogen-bond donors (Lipinski definition) is 1. The van der Waals surface area contributed by atoms with E-state index < -0.39 is 28.9 Å². The Hall–Kier alpha value is -4.28. The number of anilines is 2. The van der Waals surface area contributed by atoms with E-state index >= 15 is 8.78 Å². The monoisotopic (exact) mass is 825 g/mol. The van der Waals surface area contributed by atoms with Crippen LogP contribution in [0.5, 0.6) is 11.8 Å². The van der Waals surface area contributed by atoms with Crippen LogP contribution in [0.4, 0.5) is 29.3 Å². The number of ether oxygens (including phenoxy) is 4. The van der Waals surface area contributed by atoms with E-state index in [0.717, 1.165) is 56.5 Å². The zero-order valence-electron chi connectivity index (χ0n) is 32.8. The normalized spacial score (nSPS) is 22.6. The Bertz CT molecular complexity index is 2300. The van der Waals surface area contributed by atoms with Crippen molar-refractivity contribution >= 4 is 67.2 Å². The number of hydrogen-bond acceptors (Lipinski definition) is 12. The minimum Gasteiger partial charge on any atom is -0.489 e. The fourth-order valence-electron chi connectivity index (χ4n) is 9.41. The Morgan fingerprint density at radius 1 is 1.00 bits per heavy atom. The van der Waals surface area contributed by atoms with Crippen LogP contribution in [0.3, 0.4) is 0 Å². The molecule has 9 rings (SSSR count). The Kier molecular flexibility index (Phi) is 9.16. The van der Waals surface area contributed by atoms with Crippen LogP contribution in [0.1, 0.15) is 80.1 Å². The van der Waals surface area contributed by atoms with E-state index in [-0.39, 0.29) is 90.5 Å². The van der Waals surface area contributed by atoms with Crippen LogP contribution in [-0.2, 0) is 9.47 Å². The van der Waals surface area contributed by atoms with Crippen molar-refractivity contribution in [2.45, 2.75) is 115 Å². The quantitative estimate of drug-likeness (QED) is 0.208. The van der Waals surface area contributed by atoms with Crippen molar-refractivity contribution in [2.24, 2.45) is 0 Å². The van der Waals surface area contributed by atoms with Crippen LogP contribution in [0.15, 0.2) is 12.1 Å². The summed E-state index contributed by atoms with van der Waals surface area (Å²) >= 11 is 8.11. The van der Waals surface area contributed by atoms with Crippen molar-refractivity contribution in [2.75, 3.05) is 43.1 Å². The molecule has 4 saturated heterocycles. The third-order valence-corrected chi connectivity index (χ3v) is 13.0. The van der Waals surface area contributed by atoms with Gasteiger partial charge in [-0.05, 0) is 105 Å². The molecular weight excluding hydrogens is 780 g/mol. The number of fused-ring (bicyclic) bond motifs is 7. The highest BCUT2D eigenvalue weighted by atomic mass is 35.5. The summed E-state index contributed by atoms with van der Waals surface area (Å²) in [5, 5.41) is 2.85. The number of benzene rings is 2. The van der Waals surface area contributed by atoms with E-state index in [4.69, 9.17) is 40.5 Å². The highest BCUT2D eigenvalue weighted by Gasteiger charge is 2.52. The maximum atomic E-state index is 17.6. The molecule has 5 aliphatic rings. The zero-order chi connectivity index (χ0) is 40.2. The number of nitrogens with zero attached hydrogens (tertiary/aromatic N) is 6. The Balaban J connectivity index is 1.17. The van der Waals surface area contributed by atoms with Crippen LogP contribution in [-0.4, -0.2) is 105 Å². The zero-order valence-corrected chi connectivity index (χ0v) is 34.4. The number of rotatable bonds is 5. The topological polar surface area (TPSA) is 131 Å². The summed E-state index contributed by atoms with van der Waals surface area (Å²) in [4.78, 5) is 46.9. The molecule has 0 aliphatic carbocycles. The predicted molar refractivity (Wildman–Crippen MR) is 213 cm³/mol. The molecule has 2 aromatic carbocycles. The van der Waals surface area contributed by atoms with E-state index in [9.17, 15) is 9.59 Å². The lowest BCUT2D eigenvalue weighted by molar-refractivity contribution is 0.00542.